The molecular formula is C11H14FN3S. The van der Waals surface area contributed by atoms with E-state index in [0.717, 1.165) is 12.2 Å². The van der Waals surface area contributed by atoms with E-state index in [-0.39, 0.29) is 5.82 Å². The molecule has 3 nitrogen and oxygen atoms in total. The first-order chi connectivity index (χ1) is 7.51. The van der Waals surface area contributed by atoms with Crippen molar-refractivity contribution >= 4 is 22.6 Å². The largest absolute Gasteiger partial charge is 0.399 e. The fraction of sp³-hybridized carbons (Fsp3) is 0.364. The molecule has 1 aromatic rings. The van der Waals surface area contributed by atoms with Crippen molar-refractivity contribution in [3.63, 3.8) is 0 Å². The second kappa shape index (κ2) is 3.97. The van der Waals surface area contributed by atoms with Crippen molar-refractivity contribution in [2.45, 2.75) is 18.9 Å². The lowest BCUT2D eigenvalue weighted by atomic mass is 9.89. The Balaban J connectivity index is 2.50. The normalized spacial score (nSPS) is 25.2. The molecule has 0 radical (unpaired) electrons. The highest BCUT2D eigenvalue weighted by Gasteiger charge is 2.32. The molecule has 0 aromatic heterocycles. The zero-order valence-electron chi connectivity index (χ0n) is 9.03. The Hall–Kier alpha value is -1.23. The number of nitrogens with two attached hydrogens (primary N) is 2. The van der Waals surface area contributed by atoms with E-state index < -0.39 is 5.54 Å². The zero-order chi connectivity index (χ0) is 11.8. The number of rotatable bonds is 1. The quantitative estimate of drug-likeness (QED) is 0.737. The Labute approximate surface area is 98.1 Å². The molecular weight excluding hydrogens is 225 g/mol. The third-order valence-electron chi connectivity index (χ3n) is 2.77. The van der Waals surface area contributed by atoms with Crippen LogP contribution >= 0.6 is 11.8 Å². The van der Waals surface area contributed by atoms with E-state index in [4.69, 9.17) is 11.5 Å². The second-order valence-corrected chi connectivity index (χ2v) is 5.18. The van der Waals surface area contributed by atoms with Crippen LogP contribution in [-0.4, -0.2) is 10.9 Å². The Bertz CT molecular complexity index is 447. The number of hydrogen-bond donors (Lipinski definition) is 2. The molecule has 0 fully saturated rings. The van der Waals surface area contributed by atoms with Gasteiger partial charge in [0.05, 0.1) is 5.54 Å². The molecule has 2 rings (SSSR count). The van der Waals surface area contributed by atoms with Gasteiger partial charge in [0, 0.05) is 17.0 Å². The minimum Gasteiger partial charge on any atom is -0.399 e. The van der Waals surface area contributed by atoms with Gasteiger partial charge in [0.25, 0.3) is 0 Å². The van der Waals surface area contributed by atoms with Crippen LogP contribution in [0.2, 0.25) is 0 Å². The molecule has 4 N–H and O–H groups in total. The van der Waals surface area contributed by atoms with Gasteiger partial charge in [-0.2, -0.15) is 0 Å². The highest BCUT2D eigenvalue weighted by Crippen LogP contribution is 2.36. The number of nitrogen functional groups attached to an aromatic ring is 1. The van der Waals surface area contributed by atoms with Crippen LogP contribution in [0.1, 0.15) is 18.9 Å². The lowest BCUT2D eigenvalue weighted by Gasteiger charge is -2.30. The number of hydrogen-bond acceptors (Lipinski definition) is 4. The smallest absolute Gasteiger partial charge is 0.154 e. The standard InChI is InChI=1S/C11H14FN3S/c1-11(4-5-16-10(14)15-11)8-6-7(13)2-3-9(8)12/h2-3,6H,4-5,13H2,1H3,(H2,14,15)/t11-/m1/s1. The topological polar surface area (TPSA) is 64.4 Å². The first kappa shape index (κ1) is 11.3. The second-order valence-electron chi connectivity index (χ2n) is 4.06. The summed E-state index contributed by atoms with van der Waals surface area (Å²) in [5.74, 6) is 0.570. The number of halogens is 1. The van der Waals surface area contributed by atoms with Gasteiger partial charge in [-0.1, -0.05) is 11.8 Å². The number of aliphatic imine (C=N–C) groups is 1. The van der Waals surface area contributed by atoms with Crippen molar-refractivity contribution < 1.29 is 4.39 Å². The number of benzene rings is 1. The van der Waals surface area contributed by atoms with Gasteiger partial charge in [-0.05, 0) is 31.5 Å². The average molecular weight is 239 g/mol. The average Bonchev–Trinajstić information content (AvgIpc) is 2.21. The van der Waals surface area contributed by atoms with Gasteiger partial charge in [-0.15, -0.1) is 0 Å². The highest BCUT2D eigenvalue weighted by molar-refractivity contribution is 8.13. The summed E-state index contributed by atoms with van der Waals surface area (Å²) in [6.07, 6.45) is 0.763. The summed E-state index contributed by atoms with van der Waals surface area (Å²) in [4.78, 5) is 4.35. The zero-order valence-corrected chi connectivity index (χ0v) is 9.85. The molecule has 1 aliphatic rings. The van der Waals surface area contributed by atoms with Crippen LogP contribution in [0.15, 0.2) is 23.2 Å². The maximum Gasteiger partial charge on any atom is 0.154 e. The van der Waals surface area contributed by atoms with Crippen LogP contribution in [0.4, 0.5) is 10.1 Å². The molecule has 0 spiro atoms. The number of thioether (sulfide) groups is 1. The first-order valence-electron chi connectivity index (χ1n) is 5.05. The minimum absolute atomic E-state index is 0.278. The van der Waals surface area contributed by atoms with E-state index in [0.29, 0.717) is 16.4 Å². The van der Waals surface area contributed by atoms with Crippen LogP contribution in [0.5, 0.6) is 0 Å². The molecule has 1 atom stereocenters. The molecule has 0 aliphatic carbocycles. The monoisotopic (exact) mass is 239 g/mol. The summed E-state index contributed by atoms with van der Waals surface area (Å²) in [7, 11) is 0. The molecule has 0 bridgehead atoms. The summed E-state index contributed by atoms with van der Waals surface area (Å²) in [5.41, 5.74) is 11.9. The van der Waals surface area contributed by atoms with Crippen molar-refractivity contribution in [3.8, 4) is 0 Å². The Morgan fingerprint density at radius 1 is 1.44 bits per heavy atom. The fourth-order valence-electron chi connectivity index (χ4n) is 1.84. The van der Waals surface area contributed by atoms with Crippen molar-refractivity contribution in [1.29, 1.82) is 0 Å². The van der Waals surface area contributed by atoms with Crippen LogP contribution in [0.3, 0.4) is 0 Å². The highest BCUT2D eigenvalue weighted by atomic mass is 32.2. The van der Waals surface area contributed by atoms with E-state index in [2.05, 4.69) is 4.99 Å². The van der Waals surface area contributed by atoms with Gasteiger partial charge in [0.15, 0.2) is 5.17 Å². The summed E-state index contributed by atoms with van der Waals surface area (Å²) in [6, 6.07) is 4.57. The summed E-state index contributed by atoms with van der Waals surface area (Å²) < 4.78 is 13.8. The number of amidine groups is 1. The molecule has 0 saturated carbocycles. The van der Waals surface area contributed by atoms with Gasteiger partial charge in [0.2, 0.25) is 0 Å². The van der Waals surface area contributed by atoms with Gasteiger partial charge in [0.1, 0.15) is 5.82 Å². The van der Waals surface area contributed by atoms with E-state index in [1.165, 1.54) is 17.8 Å². The summed E-state index contributed by atoms with van der Waals surface area (Å²) in [6.45, 7) is 1.89. The predicted molar refractivity (Wildman–Crippen MR) is 66.9 cm³/mol. The van der Waals surface area contributed by atoms with E-state index in [9.17, 15) is 4.39 Å². The summed E-state index contributed by atoms with van der Waals surface area (Å²) >= 11 is 1.50. The van der Waals surface area contributed by atoms with E-state index in [1.807, 2.05) is 6.92 Å². The van der Waals surface area contributed by atoms with Crippen LogP contribution in [0, 0.1) is 5.82 Å². The van der Waals surface area contributed by atoms with Gasteiger partial charge >= 0.3 is 0 Å². The van der Waals surface area contributed by atoms with E-state index >= 15 is 0 Å². The van der Waals surface area contributed by atoms with Gasteiger partial charge in [-0.3, -0.25) is 4.99 Å². The van der Waals surface area contributed by atoms with E-state index in [1.54, 1.807) is 12.1 Å². The molecule has 5 heteroatoms. The molecule has 1 heterocycles. The molecule has 0 unspecified atom stereocenters. The number of nitrogens with zero attached hydrogens (tertiary/aromatic N) is 1. The maximum atomic E-state index is 13.8. The Kier molecular flexibility index (Phi) is 2.80. The molecule has 1 aliphatic heterocycles. The first-order valence-corrected chi connectivity index (χ1v) is 6.03. The number of anilines is 1. The maximum absolute atomic E-state index is 13.8. The molecule has 86 valence electrons. The lowest BCUT2D eigenvalue weighted by Crippen LogP contribution is -2.29. The van der Waals surface area contributed by atoms with Crippen LogP contribution in [0.25, 0.3) is 0 Å². The van der Waals surface area contributed by atoms with Crippen molar-refractivity contribution in [3.05, 3.63) is 29.6 Å². The summed E-state index contributed by atoms with van der Waals surface area (Å²) in [5, 5.41) is 0.510. The van der Waals surface area contributed by atoms with Gasteiger partial charge < -0.3 is 11.5 Å². The van der Waals surface area contributed by atoms with Crippen LogP contribution in [-0.2, 0) is 5.54 Å². The van der Waals surface area contributed by atoms with Crippen molar-refractivity contribution in [2.75, 3.05) is 11.5 Å². The Morgan fingerprint density at radius 2 is 2.19 bits per heavy atom. The Morgan fingerprint density at radius 3 is 2.88 bits per heavy atom. The molecule has 0 amide bonds. The SMILES string of the molecule is C[C@]1(c2cc(N)ccc2F)CCSC(N)=N1. The fourth-order valence-corrected chi connectivity index (χ4v) is 2.81. The minimum atomic E-state index is -0.588. The van der Waals surface area contributed by atoms with Crippen molar-refractivity contribution in [2.24, 2.45) is 10.7 Å². The van der Waals surface area contributed by atoms with Gasteiger partial charge in [-0.25, -0.2) is 4.39 Å². The molecule has 16 heavy (non-hydrogen) atoms. The third-order valence-corrected chi connectivity index (χ3v) is 3.56. The van der Waals surface area contributed by atoms with Crippen LogP contribution < -0.4 is 11.5 Å². The molecule has 0 saturated heterocycles. The van der Waals surface area contributed by atoms with Crippen molar-refractivity contribution in [1.82, 2.24) is 0 Å². The third kappa shape index (κ3) is 2.00. The lowest BCUT2D eigenvalue weighted by molar-refractivity contribution is 0.450. The molecule has 1 aromatic carbocycles. The predicted octanol–water partition coefficient (Wildman–Crippen LogP) is 2.07.